The fourth-order valence-corrected chi connectivity index (χ4v) is 3.23. The van der Waals surface area contributed by atoms with Crippen molar-refractivity contribution in [1.82, 2.24) is 0 Å². The van der Waals surface area contributed by atoms with Gasteiger partial charge in [-0.25, -0.2) is 0 Å². The molecule has 104 valence electrons. The first kappa shape index (κ1) is 14.4. The minimum absolute atomic E-state index is 0.0803. The molecule has 0 aliphatic heterocycles. The fraction of sp³-hybridized carbons (Fsp3) is 0.533. The van der Waals surface area contributed by atoms with Crippen molar-refractivity contribution >= 4 is 23.4 Å². The number of amides is 1. The van der Waals surface area contributed by atoms with Gasteiger partial charge in [0, 0.05) is 16.5 Å². The molecule has 0 spiro atoms. The quantitative estimate of drug-likeness (QED) is 0.832. The zero-order chi connectivity index (χ0) is 13.7. The van der Waals surface area contributed by atoms with Gasteiger partial charge >= 0.3 is 0 Å². The van der Waals surface area contributed by atoms with Crippen molar-refractivity contribution < 1.29 is 4.79 Å². The maximum Gasteiger partial charge on any atom is 0.227 e. The molecule has 19 heavy (non-hydrogen) atoms. The summed E-state index contributed by atoms with van der Waals surface area (Å²) in [6.45, 7) is 0.614. The molecule has 2 atom stereocenters. The van der Waals surface area contributed by atoms with E-state index in [1.54, 1.807) is 11.8 Å². The van der Waals surface area contributed by atoms with Crippen molar-refractivity contribution in [1.29, 1.82) is 0 Å². The highest BCUT2D eigenvalue weighted by atomic mass is 32.2. The lowest BCUT2D eigenvalue weighted by molar-refractivity contribution is -0.122. The molecule has 0 radical (unpaired) electrons. The van der Waals surface area contributed by atoms with Crippen molar-refractivity contribution in [2.24, 2.45) is 17.6 Å². The fourth-order valence-electron chi connectivity index (χ4n) is 2.77. The lowest BCUT2D eigenvalue weighted by Gasteiger charge is -2.29. The van der Waals surface area contributed by atoms with Gasteiger partial charge in [0.2, 0.25) is 5.91 Å². The normalized spacial score (nSPS) is 23.1. The summed E-state index contributed by atoms with van der Waals surface area (Å²) in [5.41, 5.74) is 6.67. The third-order valence-electron chi connectivity index (χ3n) is 3.89. The molecule has 0 heterocycles. The molecular formula is C15H22N2OS. The minimum atomic E-state index is 0.0803. The Labute approximate surface area is 119 Å². The van der Waals surface area contributed by atoms with Crippen LogP contribution in [0.25, 0.3) is 0 Å². The second kappa shape index (κ2) is 6.96. The SMILES string of the molecule is CSc1cccc(NC(=O)C2CCCCC2CN)c1. The third-order valence-corrected chi connectivity index (χ3v) is 4.61. The highest BCUT2D eigenvalue weighted by Gasteiger charge is 2.29. The molecule has 0 saturated heterocycles. The second-order valence-corrected chi connectivity index (χ2v) is 5.99. The highest BCUT2D eigenvalue weighted by Crippen LogP contribution is 2.30. The van der Waals surface area contributed by atoms with Crippen molar-refractivity contribution in [3.8, 4) is 0 Å². The second-order valence-electron chi connectivity index (χ2n) is 5.11. The van der Waals surface area contributed by atoms with Crippen LogP contribution in [-0.4, -0.2) is 18.7 Å². The van der Waals surface area contributed by atoms with Gasteiger partial charge in [-0.15, -0.1) is 11.8 Å². The summed E-state index contributed by atoms with van der Waals surface area (Å²) in [5, 5.41) is 3.04. The van der Waals surface area contributed by atoms with Gasteiger partial charge < -0.3 is 11.1 Å². The van der Waals surface area contributed by atoms with Gasteiger partial charge in [0.25, 0.3) is 0 Å². The molecule has 0 bridgehead atoms. The Hall–Kier alpha value is -1.00. The Morgan fingerprint density at radius 1 is 1.42 bits per heavy atom. The molecule has 1 saturated carbocycles. The van der Waals surface area contributed by atoms with Crippen LogP contribution in [0.1, 0.15) is 25.7 Å². The molecule has 2 unspecified atom stereocenters. The Balaban J connectivity index is 2.02. The van der Waals surface area contributed by atoms with E-state index in [2.05, 4.69) is 5.32 Å². The number of thioether (sulfide) groups is 1. The number of hydrogen-bond donors (Lipinski definition) is 2. The van der Waals surface area contributed by atoms with E-state index in [1.165, 1.54) is 6.42 Å². The molecule has 0 aromatic heterocycles. The first-order valence-electron chi connectivity index (χ1n) is 6.89. The molecule has 1 aliphatic rings. The predicted octanol–water partition coefficient (Wildman–Crippen LogP) is 3.11. The van der Waals surface area contributed by atoms with Crippen molar-refractivity contribution in [3.63, 3.8) is 0 Å². The van der Waals surface area contributed by atoms with E-state index < -0.39 is 0 Å². The first-order chi connectivity index (χ1) is 9.24. The van der Waals surface area contributed by atoms with Gasteiger partial charge in [0.15, 0.2) is 0 Å². The summed E-state index contributed by atoms with van der Waals surface area (Å²) in [6.07, 6.45) is 6.43. The zero-order valence-electron chi connectivity index (χ0n) is 11.4. The first-order valence-corrected chi connectivity index (χ1v) is 8.12. The van der Waals surface area contributed by atoms with Crippen molar-refractivity contribution in [2.45, 2.75) is 30.6 Å². The van der Waals surface area contributed by atoms with E-state index in [9.17, 15) is 4.79 Å². The molecule has 2 rings (SSSR count). The standard InChI is InChI=1S/C15H22N2OS/c1-19-13-7-4-6-12(9-13)17-15(18)14-8-3-2-5-11(14)10-16/h4,6-7,9,11,14H,2-3,5,8,10,16H2,1H3,(H,17,18). The summed E-state index contributed by atoms with van der Waals surface area (Å²) in [6, 6.07) is 7.98. The summed E-state index contributed by atoms with van der Waals surface area (Å²) >= 11 is 1.68. The zero-order valence-corrected chi connectivity index (χ0v) is 12.2. The number of carbonyl (C=O) groups is 1. The van der Waals surface area contributed by atoms with Crippen molar-refractivity contribution in [2.75, 3.05) is 18.1 Å². The number of carbonyl (C=O) groups excluding carboxylic acids is 1. The molecule has 1 aliphatic carbocycles. The number of hydrogen-bond acceptors (Lipinski definition) is 3. The van der Waals surface area contributed by atoms with Crippen LogP contribution >= 0.6 is 11.8 Å². The van der Waals surface area contributed by atoms with Crippen LogP contribution in [0.15, 0.2) is 29.2 Å². The monoisotopic (exact) mass is 278 g/mol. The van der Waals surface area contributed by atoms with Crippen LogP contribution in [-0.2, 0) is 4.79 Å². The van der Waals surface area contributed by atoms with E-state index in [0.717, 1.165) is 29.8 Å². The van der Waals surface area contributed by atoms with Gasteiger partial charge in [0.1, 0.15) is 0 Å². The van der Waals surface area contributed by atoms with Crippen molar-refractivity contribution in [3.05, 3.63) is 24.3 Å². The van der Waals surface area contributed by atoms with Crippen LogP contribution in [0.3, 0.4) is 0 Å². The minimum Gasteiger partial charge on any atom is -0.330 e. The number of benzene rings is 1. The van der Waals surface area contributed by atoms with E-state index in [4.69, 9.17) is 5.73 Å². The van der Waals surface area contributed by atoms with E-state index in [0.29, 0.717) is 12.5 Å². The summed E-state index contributed by atoms with van der Waals surface area (Å²) in [4.78, 5) is 13.5. The molecule has 3 N–H and O–H groups in total. The highest BCUT2D eigenvalue weighted by molar-refractivity contribution is 7.98. The molecule has 3 nitrogen and oxygen atoms in total. The largest absolute Gasteiger partial charge is 0.330 e. The predicted molar refractivity (Wildman–Crippen MR) is 81.4 cm³/mol. The summed E-state index contributed by atoms with van der Waals surface area (Å²) in [7, 11) is 0. The maximum atomic E-state index is 12.4. The molecule has 1 amide bonds. The lowest BCUT2D eigenvalue weighted by Crippen LogP contribution is -2.35. The average Bonchev–Trinajstić information content (AvgIpc) is 2.47. The average molecular weight is 278 g/mol. The maximum absolute atomic E-state index is 12.4. The van der Waals surface area contributed by atoms with Crippen LogP contribution in [0.4, 0.5) is 5.69 Å². The van der Waals surface area contributed by atoms with Gasteiger partial charge in [-0.2, -0.15) is 0 Å². The number of nitrogens with two attached hydrogens (primary N) is 1. The van der Waals surface area contributed by atoms with Gasteiger partial charge in [-0.1, -0.05) is 18.9 Å². The molecular weight excluding hydrogens is 256 g/mol. The number of nitrogens with one attached hydrogen (secondary N) is 1. The Morgan fingerprint density at radius 3 is 2.95 bits per heavy atom. The van der Waals surface area contributed by atoms with Crippen LogP contribution in [0.5, 0.6) is 0 Å². The number of anilines is 1. The Kier molecular flexibility index (Phi) is 5.28. The topological polar surface area (TPSA) is 55.1 Å². The van der Waals surface area contributed by atoms with Gasteiger partial charge in [0.05, 0.1) is 0 Å². The summed E-state index contributed by atoms with van der Waals surface area (Å²) < 4.78 is 0. The van der Waals surface area contributed by atoms with E-state index in [1.807, 2.05) is 30.5 Å². The molecule has 1 aromatic rings. The number of rotatable bonds is 4. The Morgan fingerprint density at radius 2 is 2.21 bits per heavy atom. The molecule has 1 fully saturated rings. The molecule has 1 aromatic carbocycles. The third kappa shape index (κ3) is 3.74. The van der Waals surface area contributed by atoms with E-state index in [-0.39, 0.29) is 11.8 Å². The lowest BCUT2D eigenvalue weighted by atomic mass is 9.78. The van der Waals surface area contributed by atoms with E-state index >= 15 is 0 Å². The van der Waals surface area contributed by atoms with Crippen LogP contribution in [0.2, 0.25) is 0 Å². The van der Waals surface area contributed by atoms with Gasteiger partial charge in [-0.3, -0.25) is 4.79 Å². The van der Waals surface area contributed by atoms with Crippen LogP contribution in [0, 0.1) is 11.8 Å². The summed E-state index contributed by atoms with van der Waals surface area (Å²) in [5.74, 6) is 0.558. The molecule has 4 heteroatoms. The van der Waals surface area contributed by atoms with Crippen LogP contribution < -0.4 is 11.1 Å². The van der Waals surface area contributed by atoms with Gasteiger partial charge in [-0.05, 0) is 49.8 Å². The Bertz CT molecular complexity index is 436. The smallest absolute Gasteiger partial charge is 0.227 e.